The highest BCUT2D eigenvalue weighted by Crippen LogP contribution is 2.29. The number of piperidine rings is 1. The molecule has 2 atom stereocenters. The van der Waals surface area contributed by atoms with E-state index in [-0.39, 0.29) is 11.9 Å². The number of benzene rings is 1. The van der Waals surface area contributed by atoms with Crippen LogP contribution in [0.4, 0.5) is 4.39 Å². The topological polar surface area (TPSA) is 51.0 Å². The quantitative estimate of drug-likeness (QED) is 0.906. The molecule has 1 aliphatic heterocycles. The molecule has 3 rings (SSSR count). The number of hydrogen-bond donors (Lipinski definition) is 1. The molecule has 4 nitrogen and oxygen atoms in total. The van der Waals surface area contributed by atoms with Crippen LogP contribution in [0, 0.1) is 11.7 Å². The van der Waals surface area contributed by atoms with Crippen molar-refractivity contribution in [3.05, 3.63) is 34.4 Å². The molecule has 2 unspecified atom stereocenters. The minimum absolute atomic E-state index is 0.105. The SMILES string of the molecule is CC1CCCNC1c1nc(-c2ccc(F)c(Br)c2)no1. The fourth-order valence-electron chi connectivity index (χ4n) is 2.49. The van der Waals surface area contributed by atoms with E-state index >= 15 is 0 Å². The number of nitrogens with zero attached hydrogens (tertiary/aromatic N) is 2. The van der Waals surface area contributed by atoms with Crippen molar-refractivity contribution in [2.45, 2.75) is 25.8 Å². The standard InChI is InChI=1S/C14H15BrFN3O/c1-8-3-2-6-17-12(8)14-18-13(19-20-14)9-4-5-11(16)10(15)7-9/h4-5,7-8,12,17H,2-3,6H2,1H3. The van der Waals surface area contributed by atoms with Gasteiger partial charge in [-0.25, -0.2) is 4.39 Å². The summed E-state index contributed by atoms with van der Waals surface area (Å²) in [6.07, 6.45) is 2.32. The highest BCUT2D eigenvalue weighted by atomic mass is 79.9. The van der Waals surface area contributed by atoms with Gasteiger partial charge in [-0.2, -0.15) is 4.98 Å². The molecule has 1 aliphatic rings. The Morgan fingerprint density at radius 1 is 1.45 bits per heavy atom. The summed E-state index contributed by atoms with van der Waals surface area (Å²) >= 11 is 3.16. The van der Waals surface area contributed by atoms with Crippen LogP contribution in [-0.4, -0.2) is 16.7 Å². The third-order valence-electron chi connectivity index (χ3n) is 3.66. The first-order chi connectivity index (χ1) is 9.65. The Bertz CT molecular complexity index is 616. The number of halogens is 2. The molecule has 20 heavy (non-hydrogen) atoms. The van der Waals surface area contributed by atoms with Crippen LogP contribution in [0.1, 0.15) is 31.7 Å². The molecule has 0 saturated carbocycles. The molecule has 2 aromatic rings. The fourth-order valence-corrected chi connectivity index (χ4v) is 2.87. The monoisotopic (exact) mass is 339 g/mol. The normalized spacial score (nSPS) is 22.9. The van der Waals surface area contributed by atoms with Crippen molar-refractivity contribution in [1.29, 1.82) is 0 Å². The molecule has 0 aliphatic carbocycles. The van der Waals surface area contributed by atoms with Gasteiger partial charge >= 0.3 is 0 Å². The Morgan fingerprint density at radius 2 is 2.30 bits per heavy atom. The zero-order valence-corrected chi connectivity index (χ0v) is 12.7. The van der Waals surface area contributed by atoms with Crippen LogP contribution >= 0.6 is 15.9 Å². The Labute approximate surface area is 124 Å². The van der Waals surface area contributed by atoms with Crippen LogP contribution in [0.15, 0.2) is 27.2 Å². The van der Waals surface area contributed by atoms with Gasteiger partial charge in [0.1, 0.15) is 5.82 Å². The Kier molecular flexibility index (Phi) is 3.85. The number of rotatable bonds is 2. The molecule has 6 heteroatoms. The van der Waals surface area contributed by atoms with Gasteiger partial charge in [-0.15, -0.1) is 0 Å². The fraction of sp³-hybridized carbons (Fsp3) is 0.429. The summed E-state index contributed by atoms with van der Waals surface area (Å²) in [5.41, 5.74) is 0.733. The average molecular weight is 340 g/mol. The summed E-state index contributed by atoms with van der Waals surface area (Å²) in [6.45, 7) is 3.14. The van der Waals surface area contributed by atoms with E-state index < -0.39 is 0 Å². The summed E-state index contributed by atoms with van der Waals surface area (Å²) in [7, 11) is 0. The van der Waals surface area contributed by atoms with E-state index in [9.17, 15) is 4.39 Å². The van der Waals surface area contributed by atoms with Crippen molar-refractivity contribution in [2.24, 2.45) is 5.92 Å². The van der Waals surface area contributed by atoms with Gasteiger partial charge in [0.2, 0.25) is 11.7 Å². The lowest BCUT2D eigenvalue weighted by atomic mass is 9.93. The first kappa shape index (κ1) is 13.7. The van der Waals surface area contributed by atoms with E-state index in [0.717, 1.165) is 18.5 Å². The molecular weight excluding hydrogens is 325 g/mol. The van der Waals surface area contributed by atoms with Crippen molar-refractivity contribution in [3.63, 3.8) is 0 Å². The van der Waals surface area contributed by atoms with Crippen molar-refractivity contribution >= 4 is 15.9 Å². The van der Waals surface area contributed by atoms with Crippen molar-refractivity contribution in [3.8, 4) is 11.4 Å². The lowest BCUT2D eigenvalue weighted by Gasteiger charge is -2.26. The van der Waals surface area contributed by atoms with Gasteiger partial charge in [0.25, 0.3) is 0 Å². The predicted octanol–water partition coefficient (Wildman–Crippen LogP) is 3.70. The predicted molar refractivity (Wildman–Crippen MR) is 76.5 cm³/mol. The van der Waals surface area contributed by atoms with E-state index in [2.05, 4.69) is 38.3 Å². The molecule has 1 aromatic heterocycles. The lowest BCUT2D eigenvalue weighted by Crippen LogP contribution is -2.33. The molecule has 0 radical (unpaired) electrons. The van der Waals surface area contributed by atoms with Crippen LogP contribution in [-0.2, 0) is 0 Å². The molecule has 1 saturated heterocycles. The van der Waals surface area contributed by atoms with Gasteiger partial charge in [0.05, 0.1) is 10.5 Å². The van der Waals surface area contributed by atoms with E-state index in [4.69, 9.17) is 4.52 Å². The zero-order chi connectivity index (χ0) is 14.1. The van der Waals surface area contributed by atoms with Gasteiger partial charge in [0.15, 0.2) is 0 Å². The maximum atomic E-state index is 13.2. The minimum Gasteiger partial charge on any atom is -0.337 e. The van der Waals surface area contributed by atoms with Crippen LogP contribution in [0.5, 0.6) is 0 Å². The Hall–Kier alpha value is -1.27. The molecule has 0 amide bonds. The largest absolute Gasteiger partial charge is 0.337 e. The average Bonchev–Trinajstić information content (AvgIpc) is 2.92. The highest BCUT2D eigenvalue weighted by molar-refractivity contribution is 9.10. The number of aromatic nitrogens is 2. The summed E-state index contributed by atoms with van der Waals surface area (Å²) in [5, 5.41) is 7.40. The lowest BCUT2D eigenvalue weighted by molar-refractivity contribution is 0.239. The maximum absolute atomic E-state index is 13.2. The molecule has 2 heterocycles. The molecule has 1 aromatic carbocycles. The minimum atomic E-state index is -0.306. The molecule has 106 valence electrons. The molecule has 0 spiro atoms. The first-order valence-electron chi connectivity index (χ1n) is 6.67. The third-order valence-corrected chi connectivity index (χ3v) is 4.26. The zero-order valence-electron chi connectivity index (χ0n) is 11.1. The number of nitrogens with one attached hydrogen (secondary N) is 1. The van der Waals surface area contributed by atoms with E-state index in [1.54, 1.807) is 12.1 Å². The second-order valence-electron chi connectivity index (χ2n) is 5.14. The summed E-state index contributed by atoms with van der Waals surface area (Å²) in [6, 6.07) is 4.79. The van der Waals surface area contributed by atoms with Gasteiger partial charge in [-0.05, 0) is 59.4 Å². The van der Waals surface area contributed by atoms with Crippen LogP contribution in [0.3, 0.4) is 0 Å². The highest BCUT2D eigenvalue weighted by Gasteiger charge is 2.27. The smallest absolute Gasteiger partial charge is 0.244 e. The molecule has 1 N–H and O–H groups in total. The van der Waals surface area contributed by atoms with Gasteiger partial charge in [0, 0.05) is 5.56 Å². The van der Waals surface area contributed by atoms with Crippen molar-refractivity contribution in [1.82, 2.24) is 15.5 Å². The first-order valence-corrected chi connectivity index (χ1v) is 7.47. The van der Waals surface area contributed by atoms with Gasteiger partial charge in [-0.1, -0.05) is 12.1 Å². The third kappa shape index (κ3) is 2.62. The van der Waals surface area contributed by atoms with E-state index in [1.807, 2.05) is 0 Å². The van der Waals surface area contributed by atoms with Crippen molar-refractivity contribution in [2.75, 3.05) is 6.54 Å². The Balaban J connectivity index is 1.87. The second kappa shape index (κ2) is 5.61. The van der Waals surface area contributed by atoms with Crippen LogP contribution in [0.25, 0.3) is 11.4 Å². The summed E-state index contributed by atoms with van der Waals surface area (Å²) < 4.78 is 19.0. The number of hydrogen-bond acceptors (Lipinski definition) is 4. The summed E-state index contributed by atoms with van der Waals surface area (Å²) in [4.78, 5) is 4.44. The van der Waals surface area contributed by atoms with E-state index in [0.29, 0.717) is 22.1 Å². The molecular formula is C14H15BrFN3O. The Morgan fingerprint density at radius 3 is 3.05 bits per heavy atom. The molecule has 1 fully saturated rings. The summed E-state index contributed by atoms with van der Waals surface area (Å²) in [5.74, 6) is 1.25. The second-order valence-corrected chi connectivity index (χ2v) is 5.99. The maximum Gasteiger partial charge on any atom is 0.244 e. The van der Waals surface area contributed by atoms with Crippen LogP contribution in [0.2, 0.25) is 0 Å². The van der Waals surface area contributed by atoms with Crippen molar-refractivity contribution < 1.29 is 8.91 Å². The molecule has 0 bridgehead atoms. The van der Waals surface area contributed by atoms with Crippen LogP contribution < -0.4 is 5.32 Å². The van der Waals surface area contributed by atoms with Gasteiger partial charge < -0.3 is 9.84 Å². The van der Waals surface area contributed by atoms with E-state index in [1.165, 1.54) is 12.5 Å². The van der Waals surface area contributed by atoms with Gasteiger partial charge in [-0.3, -0.25) is 0 Å².